The summed E-state index contributed by atoms with van der Waals surface area (Å²) in [7, 11) is 1.74. The summed E-state index contributed by atoms with van der Waals surface area (Å²) in [6.45, 7) is 13.9. The van der Waals surface area contributed by atoms with Crippen molar-refractivity contribution in [3.05, 3.63) is 53.6 Å². The molecule has 0 radical (unpaired) electrons. The van der Waals surface area contributed by atoms with E-state index in [-0.39, 0.29) is 42.1 Å². The van der Waals surface area contributed by atoms with E-state index in [1.165, 1.54) is 0 Å². The van der Waals surface area contributed by atoms with Crippen LogP contribution in [0.5, 0.6) is 5.75 Å². The van der Waals surface area contributed by atoms with Gasteiger partial charge in [0.25, 0.3) is 5.91 Å². The molecular weight excluding hydrogens is 520 g/mol. The Morgan fingerprint density at radius 2 is 1.78 bits per heavy atom. The van der Waals surface area contributed by atoms with Crippen molar-refractivity contribution < 1.29 is 29.3 Å². The van der Waals surface area contributed by atoms with Gasteiger partial charge in [-0.2, -0.15) is 0 Å². The zero-order chi connectivity index (χ0) is 30.9. The van der Waals surface area contributed by atoms with Crippen LogP contribution in [-0.2, 0) is 9.53 Å². The van der Waals surface area contributed by atoms with Crippen LogP contribution in [0.15, 0.2) is 48.1 Å². The molecule has 8 nitrogen and oxygen atoms in total. The molecule has 2 unspecified atom stereocenters. The van der Waals surface area contributed by atoms with Crippen LogP contribution in [0.1, 0.15) is 66.9 Å². The molecule has 41 heavy (non-hydrogen) atoms. The highest BCUT2D eigenvalue weighted by atomic mass is 16.6. The number of nitrogens with zero attached hydrogens (tertiary/aromatic N) is 1. The number of aliphatic hydroxyl groups excluding tert-OH is 2. The lowest BCUT2D eigenvalue weighted by atomic mass is 9.81. The molecule has 1 aromatic rings. The molecular formula is C33H50N2O6. The zero-order valence-electron chi connectivity index (χ0n) is 25.9. The number of likely N-dealkylation sites (N-methyl/N-ethyl adjacent to an activating group) is 1. The molecule has 1 aromatic carbocycles. The van der Waals surface area contributed by atoms with Crippen LogP contribution < -0.4 is 15.4 Å². The number of anilines is 1. The zero-order valence-corrected chi connectivity index (χ0v) is 25.9. The Labute approximate surface area is 245 Å². The van der Waals surface area contributed by atoms with Crippen LogP contribution in [0.2, 0.25) is 0 Å². The van der Waals surface area contributed by atoms with Gasteiger partial charge < -0.3 is 30.3 Å². The fourth-order valence-electron chi connectivity index (χ4n) is 5.49. The van der Waals surface area contributed by atoms with Crippen molar-refractivity contribution in [3.8, 4) is 5.75 Å². The van der Waals surface area contributed by atoms with E-state index in [9.17, 15) is 19.8 Å². The van der Waals surface area contributed by atoms with Gasteiger partial charge in [0.1, 0.15) is 11.9 Å². The number of hydrogen-bond donors (Lipinski definition) is 3. The number of carbonyl (C=O) groups is 2. The van der Waals surface area contributed by atoms with Crippen molar-refractivity contribution in [2.24, 2.45) is 35.3 Å². The summed E-state index contributed by atoms with van der Waals surface area (Å²) >= 11 is 0. The monoisotopic (exact) mass is 570 g/mol. The molecule has 8 heteroatoms. The smallest absolute Gasteiger partial charge is 0.404 e. The number of ether oxygens (including phenoxy) is 2. The minimum absolute atomic E-state index is 0.0452. The van der Waals surface area contributed by atoms with Gasteiger partial charge in [-0.1, -0.05) is 83.6 Å². The fourth-order valence-corrected chi connectivity index (χ4v) is 5.49. The lowest BCUT2D eigenvalue weighted by molar-refractivity contribution is -0.120. The van der Waals surface area contributed by atoms with Gasteiger partial charge in [0, 0.05) is 30.7 Å². The van der Waals surface area contributed by atoms with Gasteiger partial charge in [-0.15, -0.1) is 0 Å². The number of amides is 2. The molecule has 1 heterocycles. The maximum Gasteiger partial charge on any atom is 0.404 e. The average molecular weight is 571 g/mol. The maximum atomic E-state index is 12.0. The summed E-state index contributed by atoms with van der Waals surface area (Å²) in [6, 6.07) is 5.69. The van der Waals surface area contributed by atoms with E-state index in [0.717, 1.165) is 23.2 Å². The van der Waals surface area contributed by atoms with Crippen molar-refractivity contribution >= 4 is 23.8 Å². The second-order valence-corrected chi connectivity index (χ2v) is 11.7. The number of nitrogens with two attached hydrogens (primary N) is 1. The first-order chi connectivity index (χ1) is 19.3. The first kappa shape index (κ1) is 34.1. The molecule has 0 saturated heterocycles. The highest BCUT2D eigenvalue weighted by molar-refractivity contribution is 5.97. The minimum atomic E-state index is -0.844. The van der Waals surface area contributed by atoms with Crippen LogP contribution >= 0.6 is 0 Å². The van der Waals surface area contributed by atoms with Crippen molar-refractivity contribution in [1.29, 1.82) is 0 Å². The summed E-state index contributed by atoms with van der Waals surface area (Å²) in [5.74, 6) is -0.134. The Balaban J connectivity index is 2.02. The Morgan fingerprint density at radius 3 is 2.41 bits per heavy atom. The molecule has 0 spiro atoms. The van der Waals surface area contributed by atoms with E-state index in [4.69, 9.17) is 15.2 Å². The summed E-state index contributed by atoms with van der Waals surface area (Å²) < 4.78 is 10.9. The third-order valence-corrected chi connectivity index (χ3v) is 8.02. The number of carbonyl (C=O) groups excluding carboxylic acids is 2. The maximum absolute atomic E-state index is 12.0. The lowest BCUT2D eigenvalue weighted by Crippen LogP contribution is -2.41. The normalized spacial score (nSPS) is 20.1. The van der Waals surface area contributed by atoms with Crippen molar-refractivity contribution in [2.75, 3.05) is 18.6 Å². The third kappa shape index (κ3) is 9.75. The van der Waals surface area contributed by atoms with Gasteiger partial charge in [0.15, 0.2) is 6.61 Å². The van der Waals surface area contributed by atoms with E-state index in [1.807, 2.05) is 91.0 Å². The van der Waals surface area contributed by atoms with Crippen LogP contribution in [0.25, 0.3) is 6.08 Å². The molecule has 4 N–H and O–H groups in total. The van der Waals surface area contributed by atoms with Gasteiger partial charge in [-0.3, -0.25) is 4.79 Å². The van der Waals surface area contributed by atoms with E-state index in [1.54, 1.807) is 11.9 Å². The van der Waals surface area contributed by atoms with Gasteiger partial charge in [0.2, 0.25) is 0 Å². The predicted molar refractivity (Wildman–Crippen MR) is 164 cm³/mol. The highest BCUT2D eigenvalue weighted by Gasteiger charge is 2.33. The van der Waals surface area contributed by atoms with Crippen molar-refractivity contribution in [3.63, 3.8) is 0 Å². The molecule has 1 aliphatic rings. The second kappa shape index (κ2) is 15.8. The van der Waals surface area contributed by atoms with Crippen LogP contribution in [0.3, 0.4) is 0 Å². The van der Waals surface area contributed by atoms with Crippen LogP contribution in [0, 0.1) is 29.6 Å². The highest BCUT2D eigenvalue weighted by Crippen LogP contribution is 2.33. The standard InChI is InChI=1S/C33H50N2O6/c1-9-10-11-22(4)32(41-33(34)39)25(7)31(38)24(6)17-20(2)16-23(5)30(37)21(3)12-13-26-14-15-28-27(18-26)35(8)29(36)19-40-28/h10-16,18,21-25,30-32,37-38H,9,17,19H2,1-8H3,(H2,34,39)/t21?,22?,23-,24-,25-,30-,31+,32-/m0/s1. The van der Waals surface area contributed by atoms with Gasteiger partial charge >= 0.3 is 6.09 Å². The number of allylic oxidation sites excluding steroid dienone is 2. The van der Waals surface area contributed by atoms with E-state index >= 15 is 0 Å². The Kier molecular flexibility index (Phi) is 13.1. The van der Waals surface area contributed by atoms with Gasteiger partial charge in [-0.05, 0) is 43.4 Å². The summed E-state index contributed by atoms with van der Waals surface area (Å²) in [6.07, 6.45) is 8.80. The van der Waals surface area contributed by atoms with Crippen molar-refractivity contribution in [2.45, 2.75) is 79.6 Å². The number of benzene rings is 1. The molecule has 0 saturated carbocycles. The molecule has 2 amide bonds. The van der Waals surface area contributed by atoms with Gasteiger partial charge in [0.05, 0.1) is 17.9 Å². The average Bonchev–Trinajstić information content (AvgIpc) is 2.93. The Morgan fingerprint density at radius 1 is 1.10 bits per heavy atom. The molecule has 0 bridgehead atoms. The number of fused-ring (bicyclic) bond motifs is 1. The largest absolute Gasteiger partial charge is 0.482 e. The SMILES string of the molecule is CCC=CC(C)[C@H](OC(N)=O)[C@@H](C)[C@H](O)[C@@H](C)CC(C)=C[C@H](C)[C@@H](O)C(C)C=Cc1ccc2c(c1)N(C)C(=O)CO2. The van der Waals surface area contributed by atoms with E-state index < -0.39 is 24.4 Å². The molecule has 0 aromatic heterocycles. The number of primary amides is 1. The molecule has 0 fully saturated rings. The predicted octanol–water partition coefficient (Wildman–Crippen LogP) is 5.72. The van der Waals surface area contributed by atoms with Gasteiger partial charge in [-0.25, -0.2) is 4.79 Å². The fraction of sp³-hybridized carbons (Fsp3) is 0.576. The third-order valence-electron chi connectivity index (χ3n) is 8.02. The lowest BCUT2D eigenvalue weighted by Gasteiger charge is -2.33. The van der Waals surface area contributed by atoms with Crippen molar-refractivity contribution in [1.82, 2.24) is 0 Å². The first-order valence-electron chi connectivity index (χ1n) is 14.6. The quantitative estimate of drug-likeness (QED) is 0.246. The summed E-state index contributed by atoms with van der Waals surface area (Å²) in [5, 5.41) is 22.2. The van der Waals surface area contributed by atoms with E-state index in [0.29, 0.717) is 12.2 Å². The molecule has 1 aliphatic heterocycles. The summed E-state index contributed by atoms with van der Waals surface area (Å²) in [5.41, 5.74) is 8.05. The Bertz CT molecular complexity index is 1110. The van der Waals surface area contributed by atoms with Crippen LogP contribution in [-0.4, -0.2) is 54.2 Å². The number of rotatable bonds is 14. The topological polar surface area (TPSA) is 122 Å². The van der Waals surface area contributed by atoms with Crippen LogP contribution in [0.4, 0.5) is 10.5 Å². The molecule has 0 aliphatic carbocycles. The van der Waals surface area contributed by atoms with E-state index in [2.05, 4.69) is 6.08 Å². The second-order valence-electron chi connectivity index (χ2n) is 11.7. The number of aliphatic hydroxyl groups is 2. The molecule has 8 atom stereocenters. The molecule has 2 rings (SSSR count). The molecule has 228 valence electrons. The summed E-state index contributed by atoms with van der Waals surface area (Å²) in [4.78, 5) is 25.1. The minimum Gasteiger partial charge on any atom is -0.482 e. The Hall–Kier alpha value is -3.10. The number of hydrogen-bond acceptors (Lipinski definition) is 6. The first-order valence-corrected chi connectivity index (χ1v) is 14.6.